The van der Waals surface area contributed by atoms with Gasteiger partial charge in [0.2, 0.25) is 0 Å². The number of carbonyl (C=O) groups is 1. The molecule has 1 fully saturated rings. The largest absolute Gasteiger partial charge is 0.334 e. The first-order valence-corrected chi connectivity index (χ1v) is 6.93. The lowest BCUT2D eigenvalue weighted by Crippen LogP contribution is -2.42. The van der Waals surface area contributed by atoms with Gasteiger partial charge in [-0.25, -0.2) is 9.18 Å². The molecular formula is C14H18ClFN2O. The van der Waals surface area contributed by atoms with Crippen molar-refractivity contribution in [2.24, 2.45) is 0 Å². The van der Waals surface area contributed by atoms with Crippen LogP contribution < -0.4 is 5.32 Å². The van der Waals surface area contributed by atoms with Crippen molar-refractivity contribution >= 4 is 17.6 Å². The molecule has 0 saturated carbocycles. The highest BCUT2D eigenvalue weighted by Gasteiger charge is 2.16. The minimum Gasteiger partial charge on any atom is -0.334 e. The molecule has 1 heterocycles. The van der Waals surface area contributed by atoms with Gasteiger partial charge >= 0.3 is 6.03 Å². The van der Waals surface area contributed by atoms with Gasteiger partial charge in [0.05, 0.1) is 0 Å². The summed E-state index contributed by atoms with van der Waals surface area (Å²) >= 11 is 5.83. The van der Waals surface area contributed by atoms with Crippen LogP contribution in [0.3, 0.4) is 0 Å². The predicted octanol–water partition coefficient (Wildman–Crippen LogP) is 3.48. The summed E-state index contributed by atoms with van der Waals surface area (Å²) in [7, 11) is 0. The Balaban J connectivity index is 1.94. The minimum atomic E-state index is -0.380. The highest BCUT2D eigenvalue weighted by Crippen LogP contribution is 2.20. The van der Waals surface area contributed by atoms with Crippen molar-refractivity contribution in [2.75, 3.05) is 13.1 Å². The van der Waals surface area contributed by atoms with Crippen LogP contribution in [-0.2, 0) is 6.54 Å². The highest BCUT2D eigenvalue weighted by atomic mass is 35.5. The Labute approximate surface area is 117 Å². The van der Waals surface area contributed by atoms with Crippen molar-refractivity contribution in [3.8, 4) is 0 Å². The van der Waals surface area contributed by atoms with Gasteiger partial charge in [-0.3, -0.25) is 0 Å². The molecule has 2 rings (SSSR count). The van der Waals surface area contributed by atoms with E-state index in [1.807, 2.05) is 6.92 Å². The van der Waals surface area contributed by atoms with Crippen LogP contribution in [0, 0.1) is 12.7 Å². The van der Waals surface area contributed by atoms with Gasteiger partial charge in [-0.05, 0) is 43.9 Å². The Morgan fingerprint density at radius 3 is 2.74 bits per heavy atom. The van der Waals surface area contributed by atoms with Crippen molar-refractivity contribution < 1.29 is 9.18 Å². The number of nitrogens with zero attached hydrogens (tertiary/aromatic N) is 1. The zero-order chi connectivity index (χ0) is 13.8. The monoisotopic (exact) mass is 284 g/mol. The molecule has 1 N–H and O–H groups in total. The van der Waals surface area contributed by atoms with E-state index >= 15 is 0 Å². The van der Waals surface area contributed by atoms with Gasteiger partial charge in [0.15, 0.2) is 0 Å². The molecule has 1 aromatic carbocycles. The van der Waals surface area contributed by atoms with E-state index in [9.17, 15) is 9.18 Å². The molecule has 0 radical (unpaired) electrons. The Morgan fingerprint density at radius 2 is 2.05 bits per heavy atom. The van der Waals surface area contributed by atoms with Crippen LogP contribution in [0.5, 0.6) is 0 Å². The molecule has 0 aliphatic carbocycles. The van der Waals surface area contributed by atoms with Crippen LogP contribution in [0.4, 0.5) is 9.18 Å². The van der Waals surface area contributed by atoms with E-state index in [4.69, 9.17) is 11.6 Å². The van der Waals surface area contributed by atoms with Gasteiger partial charge in [-0.15, -0.1) is 0 Å². The lowest BCUT2D eigenvalue weighted by atomic mass is 10.1. The molecule has 2 amide bonds. The zero-order valence-electron chi connectivity index (χ0n) is 11.0. The summed E-state index contributed by atoms with van der Waals surface area (Å²) in [5.41, 5.74) is 1.28. The molecule has 104 valence electrons. The molecule has 0 atom stereocenters. The molecule has 0 spiro atoms. The Morgan fingerprint density at radius 1 is 1.37 bits per heavy atom. The Bertz CT molecular complexity index is 473. The average molecular weight is 285 g/mol. The maximum Gasteiger partial charge on any atom is 0.317 e. The predicted molar refractivity (Wildman–Crippen MR) is 73.8 cm³/mol. The average Bonchev–Trinajstić information content (AvgIpc) is 2.42. The van der Waals surface area contributed by atoms with Crippen molar-refractivity contribution in [3.63, 3.8) is 0 Å². The SMILES string of the molecule is Cc1cc(CNC(=O)N2CCCCC2)c(F)cc1Cl. The van der Waals surface area contributed by atoms with Gasteiger partial charge in [0.1, 0.15) is 5.82 Å². The van der Waals surface area contributed by atoms with Crippen LogP contribution in [0.2, 0.25) is 5.02 Å². The molecule has 1 aliphatic rings. The van der Waals surface area contributed by atoms with Gasteiger partial charge in [-0.1, -0.05) is 11.6 Å². The number of carbonyl (C=O) groups excluding carboxylic acids is 1. The van der Waals surface area contributed by atoms with Gasteiger partial charge in [0.25, 0.3) is 0 Å². The Kier molecular flexibility index (Phi) is 4.64. The first-order valence-electron chi connectivity index (χ1n) is 6.55. The second-order valence-corrected chi connectivity index (χ2v) is 5.31. The fourth-order valence-electron chi connectivity index (χ4n) is 2.23. The summed E-state index contributed by atoms with van der Waals surface area (Å²) < 4.78 is 13.7. The second-order valence-electron chi connectivity index (χ2n) is 4.90. The summed E-state index contributed by atoms with van der Waals surface area (Å²) in [5, 5.41) is 3.17. The lowest BCUT2D eigenvalue weighted by molar-refractivity contribution is 0.186. The Hall–Kier alpha value is -1.29. The number of halogens is 2. The fourth-order valence-corrected chi connectivity index (χ4v) is 2.38. The normalized spacial score (nSPS) is 15.4. The molecule has 1 aliphatic heterocycles. The number of benzene rings is 1. The van der Waals surface area contributed by atoms with Gasteiger partial charge in [0, 0.05) is 30.2 Å². The smallest absolute Gasteiger partial charge is 0.317 e. The van der Waals surface area contributed by atoms with E-state index in [1.165, 1.54) is 12.5 Å². The molecule has 0 aromatic heterocycles. The molecule has 0 bridgehead atoms. The number of hydrogen-bond acceptors (Lipinski definition) is 1. The zero-order valence-corrected chi connectivity index (χ0v) is 11.8. The van der Waals surface area contributed by atoms with Crippen molar-refractivity contribution in [3.05, 3.63) is 34.1 Å². The second kappa shape index (κ2) is 6.24. The molecule has 3 nitrogen and oxygen atoms in total. The van der Waals surface area contributed by atoms with Crippen LogP contribution in [0.1, 0.15) is 30.4 Å². The van der Waals surface area contributed by atoms with E-state index in [0.717, 1.165) is 31.5 Å². The van der Waals surface area contributed by atoms with Crippen molar-refractivity contribution in [1.29, 1.82) is 0 Å². The molecule has 1 saturated heterocycles. The van der Waals surface area contributed by atoms with Gasteiger partial charge < -0.3 is 10.2 Å². The van der Waals surface area contributed by atoms with E-state index in [1.54, 1.807) is 11.0 Å². The number of likely N-dealkylation sites (tertiary alicyclic amines) is 1. The third kappa shape index (κ3) is 3.60. The first kappa shape index (κ1) is 14.1. The number of aryl methyl sites for hydroxylation is 1. The number of hydrogen-bond donors (Lipinski definition) is 1. The maximum absolute atomic E-state index is 13.7. The number of nitrogens with one attached hydrogen (secondary N) is 1. The number of piperidine rings is 1. The number of rotatable bonds is 2. The van der Waals surface area contributed by atoms with Crippen molar-refractivity contribution in [1.82, 2.24) is 10.2 Å². The van der Waals surface area contributed by atoms with E-state index in [2.05, 4.69) is 5.32 Å². The summed E-state index contributed by atoms with van der Waals surface area (Å²) in [5.74, 6) is -0.380. The van der Waals surface area contributed by atoms with Crippen LogP contribution in [0.25, 0.3) is 0 Å². The van der Waals surface area contributed by atoms with Gasteiger partial charge in [-0.2, -0.15) is 0 Å². The maximum atomic E-state index is 13.7. The minimum absolute atomic E-state index is 0.119. The summed E-state index contributed by atoms with van der Waals surface area (Å²) in [4.78, 5) is 13.7. The molecule has 0 unspecified atom stereocenters. The van der Waals surface area contributed by atoms with Crippen LogP contribution in [-0.4, -0.2) is 24.0 Å². The first-order chi connectivity index (χ1) is 9.08. The van der Waals surface area contributed by atoms with E-state index in [0.29, 0.717) is 10.6 Å². The molecular weight excluding hydrogens is 267 g/mol. The fraction of sp³-hybridized carbons (Fsp3) is 0.500. The van der Waals surface area contributed by atoms with E-state index < -0.39 is 0 Å². The highest BCUT2D eigenvalue weighted by molar-refractivity contribution is 6.31. The summed E-state index contributed by atoms with van der Waals surface area (Å²) in [6.07, 6.45) is 3.26. The van der Waals surface area contributed by atoms with E-state index in [-0.39, 0.29) is 18.4 Å². The molecule has 1 aromatic rings. The quantitative estimate of drug-likeness (QED) is 0.886. The lowest BCUT2D eigenvalue weighted by Gasteiger charge is -2.26. The third-order valence-corrected chi connectivity index (χ3v) is 3.81. The molecule has 5 heteroatoms. The standard InChI is InChI=1S/C14H18ClFN2O/c1-10-7-11(13(16)8-12(10)15)9-17-14(19)18-5-3-2-4-6-18/h7-8H,2-6,9H2,1H3,(H,17,19). The van der Waals surface area contributed by atoms with Crippen molar-refractivity contribution in [2.45, 2.75) is 32.7 Å². The summed E-state index contributed by atoms with van der Waals surface area (Å²) in [6, 6.07) is 2.85. The molecule has 19 heavy (non-hydrogen) atoms. The number of urea groups is 1. The number of amides is 2. The third-order valence-electron chi connectivity index (χ3n) is 3.40. The van der Waals surface area contributed by atoms with Crippen LogP contribution >= 0.6 is 11.6 Å². The van der Waals surface area contributed by atoms with Crippen LogP contribution in [0.15, 0.2) is 12.1 Å². The summed E-state index contributed by atoms with van der Waals surface area (Å²) in [6.45, 7) is 3.58. The topological polar surface area (TPSA) is 32.3 Å².